The van der Waals surface area contributed by atoms with Crippen LogP contribution in [-0.2, 0) is 0 Å². The van der Waals surface area contributed by atoms with Gasteiger partial charge in [0.25, 0.3) is 5.91 Å². The molecule has 0 aliphatic heterocycles. The third-order valence-corrected chi connectivity index (χ3v) is 3.15. The van der Waals surface area contributed by atoms with E-state index in [0.29, 0.717) is 16.9 Å². The standard InChI is InChI=1S/C15H11N5O/c1-17-15(21)13-6-7-20(19-13)14-10(8-16)9-18-12-5-3-2-4-11(12)14/h2-7,9H,1H3,(H,17,21). The van der Waals surface area contributed by atoms with Crippen LogP contribution in [-0.4, -0.2) is 27.7 Å². The first kappa shape index (κ1) is 12.8. The summed E-state index contributed by atoms with van der Waals surface area (Å²) in [5.74, 6) is -0.273. The second-order valence-electron chi connectivity index (χ2n) is 4.37. The number of benzene rings is 1. The highest BCUT2D eigenvalue weighted by Gasteiger charge is 2.14. The maximum atomic E-state index is 11.6. The molecule has 2 aromatic heterocycles. The topological polar surface area (TPSA) is 83.6 Å². The maximum Gasteiger partial charge on any atom is 0.271 e. The van der Waals surface area contributed by atoms with E-state index in [1.54, 1.807) is 19.3 Å². The van der Waals surface area contributed by atoms with Crippen molar-refractivity contribution in [3.63, 3.8) is 0 Å². The van der Waals surface area contributed by atoms with Gasteiger partial charge in [0, 0.05) is 24.8 Å². The van der Waals surface area contributed by atoms with Gasteiger partial charge in [0.15, 0.2) is 5.69 Å². The van der Waals surface area contributed by atoms with Crippen molar-refractivity contribution in [2.24, 2.45) is 0 Å². The van der Waals surface area contributed by atoms with E-state index in [-0.39, 0.29) is 5.91 Å². The van der Waals surface area contributed by atoms with Crippen molar-refractivity contribution in [1.82, 2.24) is 20.1 Å². The van der Waals surface area contributed by atoms with Crippen LogP contribution in [0.3, 0.4) is 0 Å². The number of hydrogen-bond acceptors (Lipinski definition) is 4. The lowest BCUT2D eigenvalue weighted by atomic mass is 10.1. The lowest BCUT2D eigenvalue weighted by molar-refractivity contribution is 0.0957. The number of nitrogens with one attached hydrogen (secondary N) is 1. The van der Waals surface area contributed by atoms with Crippen LogP contribution in [0, 0.1) is 11.3 Å². The average molecular weight is 277 g/mol. The zero-order valence-electron chi connectivity index (χ0n) is 11.2. The molecule has 1 N–H and O–H groups in total. The molecule has 0 spiro atoms. The smallest absolute Gasteiger partial charge is 0.271 e. The van der Waals surface area contributed by atoms with E-state index < -0.39 is 0 Å². The number of para-hydroxylation sites is 1. The predicted molar refractivity (Wildman–Crippen MR) is 77.0 cm³/mol. The first-order chi connectivity index (χ1) is 10.2. The molecule has 1 aromatic carbocycles. The summed E-state index contributed by atoms with van der Waals surface area (Å²) in [6.45, 7) is 0. The zero-order chi connectivity index (χ0) is 14.8. The number of nitrogens with zero attached hydrogens (tertiary/aromatic N) is 4. The number of carbonyl (C=O) groups excluding carboxylic acids is 1. The summed E-state index contributed by atoms with van der Waals surface area (Å²) in [7, 11) is 1.55. The van der Waals surface area contributed by atoms with Crippen LogP contribution in [0.25, 0.3) is 16.6 Å². The number of fused-ring (bicyclic) bond motifs is 1. The molecule has 0 atom stereocenters. The lowest BCUT2D eigenvalue weighted by Gasteiger charge is -2.08. The van der Waals surface area contributed by atoms with Crippen LogP contribution in [0.2, 0.25) is 0 Å². The minimum atomic E-state index is -0.273. The Bertz CT molecular complexity index is 875. The van der Waals surface area contributed by atoms with E-state index in [4.69, 9.17) is 0 Å². The summed E-state index contributed by atoms with van der Waals surface area (Å²) in [6.07, 6.45) is 3.17. The number of aromatic nitrogens is 3. The van der Waals surface area contributed by atoms with E-state index in [0.717, 1.165) is 10.9 Å². The molecule has 0 radical (unpaired) electrons. The van der Waals surface area contributed by atoms with Crippen molar-refractivity contribution in [3.05, 3.63) is 54.0 Å². The molecule has 102 valence electrons. The molecule has 3 aromatic rings. The third kappa shape index (κ3) is 2.11. The fourth-order valence-corrected chi connectivity index (χ4v) is 2.15. The molecule has 2 heterocycles. The van der Waals surface area contributed by atoms with Gasteiger partial charge >= 0.3 is 0 Å². The summed E-state index contributed by atoms with van der Waals surface area (Å²) in [5, 5.41) is 16.9. The highest BCUT2D eigenvalue weighted by atomic mass is 16.1. The molecule has 1 amide bonds. The van der Waals surface area contributed by atoms with Crippen molar-refractivity contribution >= 4 is 16.8 Å². The molecular weight excluding hydrogens is 266 g/mol. The Morgan fingerprint density at radius 3 is 2.90 bits per heavy atom. The van der Waals surface area contributed by atoms with E-state index in [1.807, 2.05) is 24.3 Å². The normalized spacial score (nSPS) is 10.3. The fraction of sp³-hybridized carbons (Fsp3) is 0.0667. The number of pyridine rings is 1. The summed E-state index contributed by atoms with van der Waals surface area (Å²) in [5.41, 5.74) is 2.09. The van der Waals surface area contributed by atoms with Crippen LogP contribution >= 0.6 is 0 Å². The Kier molecular flexibility index (Phi) is 3.09. The first-order valence-electron chi connectivity index (χ1n) is 6.30. The molecule has 21 heavy (non-hydrogen) atoms. The van der Waals surface area contributed by atoms with Crippen LogP contribution in [0.4, 0.5) is 0 Å². The molecule has 6 heteroatoms. The molecule has 0 saturated carbocycles. The van der Waals surface area contributed by atoms with E-state index in [9.17, 15) is 10.1 Å². The van der Waals surface area contributed by atoms with Crippen LogP contribution in [0.5, 0.6) is 0 Å². The summed E-state index contributed by atoms with van der Waals surface area (Å²) in [4.78, 5) is 15.9. The van der Waals surface area contributed by atoms with Gasteiger partial charge in [-0.15, -0.1) is 0 Å². The van der Waals surface area contributed by atoms with Crippen molar-refractivity contribution in [3.8, 4) is 11.8 Å². The zero-order valence-corrected chi connectivity index (χ0v) is 11.2. The lowest BCUT2D eigenvalue weighted by Crippen LogP contribution is -2.18. The first-order valence-corrected chi connectivity index (χ1v) is 6.30. The quantitative estimate of drug-likeness (QED) is 0.772. The Balaban J connectivity index is 2.26. The van der Waals surface area contributed by atoms with Gasteiger partial charge in [-0.1, -0.05) is 18.2 Å². The highest BCUT2D eigenvalue weighted by Crippen LogP contribution is 2.23. The van der Waals surface area contributed by atoms with E-state index in [2.05, 4.69) is 21.5 Å². The third-order valence-electron chi connectivity index (χ3n) is 3.15. The largest absolute Gasteiger partial charge is 0.354 e. The van der Waals surface area contributed by atoms with E-state index >= 15 is 0 Å². The average Bonchev–Trinajstić information content (AvgIpc) is 3.02. The van der Waals surface area contributed by atoms with Gasteiger partial charge in [0.05, 0.1) is 16.8 Å². The van der Waals surface area contributed by atoms with Gasteiger partial charge in [0.1, 0.15) is 6.07 Å². The minimum absolute atomic E-state index is 0.273. The van der Waals surface area contributed by atoms with Gasteiger partial charge in [-0.25, -0.2) is 4.68 Å². The van der Waals surface area contributed by atoms with Crippen molar-refractivity contribution in [2.75, 3.05) is 7.05 Å². The number of carbonyl (C=O) groups is 1. The molecule has 0 bridgehead atoms. The summed E-state index contributed by atoms with van der Waals surface area (Å²) in [6, 6.07) is 11.2. The molecule has 0 aliphatic rings. The second kappa shape index (κ2) is 5.06. The Morgan fingerprint density at radius 1 is 1.33 bits per heavy atom. The molecule has 0 unspecified atom stereocenters. The number of nitriles is 1. The molecule has 0 fully saturated rings. The monoisotopic (exact) mass is 277 g/mol. The van der Waals surface area contributed by atoms with Gasteiger partial charge in [0.2, 0.25) is 0 Å². The van der Waals surface area contributed by atoms with Crippen molar-refractivity contribution in [2.45, 2.75) is 0 Å². The second-order valence-corrected chi connectivity index (χ2v) is 4.37. The van der Waals surface area contributed by atoms with E-state index in [1.165, 1.54) is 10.9 Å². The van der Waals surface area contributed by atoms with Gasteiger partial charge < -0.3 is 5.32 Å². The van der Waals surface area contributed by atoms with Crippen LogP contribution < -0.4 is 5.32 Å². The minimum Gasteiger partial charge on any atom is -0.354 e. The number of rotatable bonds is 2. The number of hydrogen-bond donors (Lipinski definition) is 1. The molecular formula is C15H11N5O. The fourth-order valence-electron chi connectivity index (χ4n) is 2.15. The predicted octanol–water partition coefficient (Wildman–Crippen LogP) is 1.65. The van der Waals surface area contributed by atoms with Gasteiger partial charge in [-0.3, -0.25) is 9.78 Å². The Morgan fingerprint density at radius 2 is 2.14 bits per heavy atom. The summed E-state index contributed by atoms with van der Waals surface area (Å²) < 4.78 is 1.53. The molecule has 3 rings (SSSR count). The summed E-state index contributed by atoms with van der Waals surface area (Å²) >= 11 is 0. The highest BCUT2D eigenvalue weighted by molar-refractivity contribution is 5.92. The SMILES string of the molecule is CNC(=O)c1ccn(-c2c(C#N)cnc3ccccc23)n1. The molecule has 6 nitrogen and oxygen atoms in total. The van der Waals surface area contributed by atoms with Crippen molar-refractivity contribution in [1.29, 1.82) is 5.26 Å². The van der Waals surface area contributed by atoms with Gasteiger partial charge in [-0.2, -0.15) is 10.4 Å². The van der Waals surface area contributed by atoms with Crippen molar-refractivity contribution < 1.29 is 4.79 Å². The molecule has 0 aliphatic carbocycles. The maximum absolute atomic E-state index is 11.6. The van der Waals surface area contributed by atoms with Crippen LogP contribution in [0.15, 0.2) is 42.7 Å². The van der Waals surface area contributed by atoms with Gasteiger partial charge in [-0.05, 0) is 12.1 Å². The van der Waals surface area contributed by atoms with Crippen LogP contribution in [0.1, 0.15) is 16.1 Å². The Labute approximate surface area is 120 Å². The molecule has 0 saturated heterocycles. The Hall–Kier alpha value is -3.20. The number of amides is 1.